The van der Waals surface area contributed by atoms with Crippen LogP contribution < -0.4 is 5.73 Å². The first kappa shape index (κ1) is 12.5. The first-order valence-electron chi connectivity index (χ1n) is 6.76. The van der Waals surface area contributed by atoms with Crippen LogP contribution in [-0.2, 0) is 19.0 Å². The van der Waals surface area contributed by atoms with E-state index in [1.807, 2.05) is 0 Å². The van der Waals surface area contributed by atoms with Gasteiger partial charge in [-0.3, -0.25) is 4.79 Å². The second kappa shape index (κ2) is 4.56. The molecule has 0 saturated carbocycles. The highest BCUT2D eigenvalue weighted by Gasteiger charge is 2.48. The maximum Gasteiger partial charge on any atom is 0.158 e. The molecule has 3 fully saturated rings. The van der Waals surface area contributed by atoms with Gasteiger partial charge in [-0.25, -0.2) is 0 Å². The molecule has 0 aromatic heterocycles. The first-order valence-corrected chi connectivity index (χ1v) is 6.76. The lowest BCUT2D eigenvalue weighted by Gasteiger charge is -2.38. The minimum atomic E-state index is -0.761. The summed E-state index contributed by atoms with van der Waals surface area (Å²) < 4.78 is 16.6. The van der Waals surface area contributed by atoms with E-state index in [1.165, 1.54) is 0 Å². The van der Waals surface area contributed by atoms with Crippen LogP contribution in [0.15, 0.2) is 0 Å². The molecular weight excluding hydrogens is 234 g/mol. The van der Waals surface area contributed by atoms with Crippen LogP contribution in [0.3, 0.4) is 0 Å². The average molecular weight is 255 g/mol. The predicted molar refractivity (Wildman–Crippen MR) is 64.2 cm³/mol. The molecule has 0 bridgehead atoms. The van der Waals surface area contributed by atoms with Crippen molar-refractivity contribution in [3.63, 3.8) is 0 Å². The van der Waals surface area contributed by atoms with Crippen molar-refractivity contribution < 1.29 is 19.0 Å². The smallest absolute Gasteiger partial charge is 0.158 e. The summed E-state index contributed by atoms with van der Waals surface area (Å²) in [4.78, 5) is 12.6. The van der Waals surface area contributed by atoms with Crippen LogP contribution in [0.25, 0.3) is 0 Å². The summed E-state index contributed by atoms with van der Waals surface area (Å²) in [5, 5.41) is 0. The van der Waals surface area contributed by atoms with Crippen molar-refractivity contribution >= 4 is 5.78 Å². The van der Waals surface area contributed by atoms with Gasteiger partial charge in [-0.05, 0) is 19.3 Å². The molecule has 3 aliphatic heterocycles. The lowest BCUT2D eigenvalue weighted by Crippen LogP contribution is -2.54. The molecule has 3 atom stereocenters. The zero-order valence-corrected chi connectivity index (χ0v) is 10.7. The van der Waals surface area contributed by atoms with Gasteiger partial charge in [0.1, 0.15) is 5.54 Å². The highest BCUT2D eigenvalue weighted by atomic mass is 16.6. The van der Waals surface area contributed by atoms with Crippen molar-refractivity contribution in [2.45, 2.75) is 36.8 Å². The molecule has 0 aromatic rings. The molecule has 3 heterocycles. The number of carbonyl (C=O) groups is 1. The van der Waals surface area contributed by atoms with Crippen LogP contribution in [0.2, 0.25) is 0 Å². The molecule has 0 aliphatic carbocycles. The van der Waals surface area contributed by atoms with Crippen LogP contribution in [0, 0.1) is 5.92 Å². The fourth-order valence-corrected chi connectivity index (χ4v) is 3.30. The van der Waals surface area contributed by atoms with E-state index in [9.17, 15) is 4.79 Å². The largest absolute Gasteiger partial charge is 0.379 e. The summed E-state index contributed by atoms with van der Waals surface area (Å²) in [6, 6.07) is 0. The van der Waals surface area contributed by atoms with Crippen molar-refractivity contribution in [2.24, 2.45) is 11.7 Å². The molecule has 3 unspecified atom stereocenters. The zero-order chi connectivity index (χ0) is 12.6. The van der Waals surface area contributed by atoms with Gasteiger partial charge in [-0.1, -0.05) is 0 Å². The normalized spacial score (nSPS) is 44.6. The SMILES string of the molecule is NC1(C(=O)C2CCOC3(CCOC3)C2)CCOC1. The summed E-state index contributed by atoms with van der Waals surface area (Å²) in [6.07, 6.45) is 3.07. The van der Waals surface area contributed by atoms with Crippen molar-refractivity contribution in [2.75, 3.05) is 33.0 Å². The number of ether oxygens (including phenoxy) is 3. The van der Waals surface area contributed by atoms with Gasteiger partial charge in [-0.2, -0.15) is 0 Å². The van der Waals surface area contributed by atoms with Gasteiger partial charge >= 0.3 is 0 Å². The van der Waals surface area contributed by atoms with E-state index in [-0.39, 0.29) is 17.3 Å². The van der Waals surface area contributed by atoms with Crippen LogP contribution >= 0.6 is 0 Å². The second-order valence-corrected chi connectivity index (χ2v) is 5.85. The zero-order valence-electron chi connectivity index (χ0n) is 10.7. The van der Waals surface area contributed by atoms with E-state index in [0.717, 1.165) is 25.9 Å². The Morgan fingerprint density at radius 2 is 1.89 bits per heavy atom. The summed E-state index contributed by atoms with van der Waals surface area (Å²) in [5.41, 5.74) is 5.18. The number of rotatable bonds is 2. The Balaban J connectivity index is 1.70. The van der Waals surface area contributed by atoms with Crippen LogP contribution in [0.1, 0.15) is 25.7 Å². The summed E-state index contributed by atoms with van der Waals surface area (Å²) in [5.74, 6) is 0.168. The standard InChI is InChI=1S/C13H21NO4/c14-13(3-6-17-9-13)11(15)10-1-4-18-12(7-10)2-5-16-8-12/h10H,1-9,14H2. The molecule has 5 nitrogen and oxygen atoms in total. The first-order chi connectivity index (χ1) is 8.64. The van der Waals surface area contributed by atoms with Crippen LogP contribution in [-0.4, -0.2) is 50.0 Å². The number of hydrogen-bond acceptors (Lipinski definition) is 5. The summed E-state index contributed by atoms with van der Waals surface area (Å²) in [6.45, 7) is 2.95. The lowest BCUT2D eigenvalue weighted by molar-refractivity contribution is -0.141. The van der Waals surface area contributed by atoms with Crippen molar-refractivity contribution in [1.82, 2.24) is 0 Å². The van der Waals surface area contributed by atoms with Gasteiger partial charge in [0.15, 0.2) is 5.78 Å². The molecule has 3 saturated heterocycles. The van der Waals surface area contributed by atoms with Crippen molar-refractivity contribution in [3.8, 4) is 0 Å². The molecule has 2 N–H and O–H groups in total. The molecule has 0 amide bonds. The molecule has 102 valence electrons. The van der Waals surface area contributed by atoms with E-state index in [1.54, 1.807) is 0 Å². The van der Waals surface area contributed by atoms with Gasteiger partial charge in [-0.15, -0.1) is 0 Å². The van der Waals surface area contributed by atoms with Gasteiger partial charge in [0, 0.05) is 32.2 Å². The van der Waals surface area contributed by atoms with Crippen molar-refractivity contribution in [1.29, 1.82) is 0 Å². The van der Waals surface area contributed by atoms with Gasteiger partial charge in [0.2, 0.25) is 0 Å². The van der Waals surface area contributed by atoms with Gasteiger partial charge < -0.3 is 19.9 Å². The number of hydrogen-bond donors (Lipinski definition) is 1. The Kier molecular flexibility index (Phi) is 3.18. The summed E-state index contributed by atoms with van der Waals surface area (Å²) in [7, 11) is 0. The molecule has 1 spiro atoms. The number of carbonyl (C=O) groups excluding carboxylic acids is 1. The van der Waals surface area contributed by atoms with E-state index in [0.29, 0.717) is 32.8 Å². The Hall–Kier alpha value is -0.490. The molecule has 0 aromatic carbocycles. The molecule has 18 heavy (non-hydrogen) atoms. The molecule has 3 rings (SSSR count). The molecule has 0 radical (unpaired) electrons. The third kappa shape index (κ3) is 2.09. The Labute approximate surface area is 107 Å². The fraction of sp³-hybridized carbons (Fsp3) is 0.923. The topological polar surface area (TPSA) is 70.8 Å². The predicted octanol–water partition coefficient (Wildman–Crippen LogP) is 0.259. The quantitative estimate of drug-likeness (QED) is 0.766. The third-order valence-corrected chi connectivity index (χ3v) is 4.47. The van der Waals surface area contributed by atoms with Crippen molar-refractivity contribution in [3.05, 3.63) is 0 Å². The average Bonchev–Trinajstić information content (AvgIpc) is 2.99. The molecule has 3 aliphatic rings. The minimum absolute atomic E-state index is 0.00662. The van der Waals surface area contributed by atoms with E-state index in [2.05, 4.69) is 0 Å². The lowest BCUT2D eigenvalue weighted by atomic mass is 9.76. The Morgan fingerprint density at radius 3 is 2.56 bits per heavy atom. The van der Waals surface area contributed by atoms with Gasteiger partial charge in [0.05, 0.1) is 18.8 Å². The Morgan fingerprint density at radius 1 is 1.11 bits per heavy atom. The highest BCUT2D eigenvalue weighted by Crippen LogP contribution is 2.38. The number of ketones is 1. The van der Waals surface area contributed by atoms with E-state index in [4.69, 9.17) is 19.9 Å². The maximum absolute atomic E-state index is 12.6. The van der Waals surface area contributed by atoms with E-state index >= 15 is 0 Å². The maximum atomic E-state index is 12.6. The number of nitrogens with two attached hydrogens (primary N) is 1. The highest BCUT2D eigenvalue weighted by molar-refractivity contribution is 5.90. The summed E-state index contributed by atoms with van der Waals surface area (Å²) >= 11 is 0. The van der Waals surface area contributed by atoms with Gasteiger partial charge in [0.25, 0.3) is 0 Å². The molecular formula is C13H21NO4. The second-order valence-electron chi connectivity index (χ2n) is 5.85. The number of Topliss-reactive ketones (excluding diaryl/α,β-unsaturated/α-hetero) is 1. The Bertz CT molecular complexity index is 332. The minimum Gasteiger partial charge on any atom is -0.379 e. The van der Waals surface area contributed by atoms with Crippen LogP contribution in [0.4, 0.5) is 0 Å². The third-order valence-electron chi connectivity index (χ3n) is 4.47. The molecule has 5 heteroatoms. The van der Waals surface area contributed by atoms with E-state index < -0.39 is 5.54 Å². The van der Waals surface area contributed by atoms with Crippen LogP contribution in [0.5, 0.6) is 0 Å². The fourth-order valence-electron chi connectivity index (χ4n) is 3.30. The monoisotopic (exact) mass is 255 g/mol.